The molecule has 132 valence electrons. The van der Waals surface area contributed by atoms with Crippen LogP contribution in [0, 0.1) is 6.92 Å². The normalized spacial score (nSPS) is 10.4. The lowest BCUT2D eigenvalue weighted by atomic mass is 10.2. The zero-order chi connectivity index (χ0) is 18.5. The minimum absolute atomic E-state index is 0.239. The van der Waals surface area contributed by atoms with Crippen LogP contribution in [0.5, 0.6) is 0 Å². The lowest BCUT2D eigenvalue weighted by Crippen LogP contribution is -2.14. The molecule has 0 saturated heterocycles. The van der Waals surface area contributed by atoms with Crippen LogP contribution < -0.4 is 5.32 Å². The summed E-state index contributed by atoms with van der Waals surface area (Å²) in [6.45, 7) is 3.84. The summed E-state index contributed by atoms with van der Waals surface area (Å²) in [5.74, 6) is -0.708. The Morgan fingerprint density at radius 3 is 2.42 bits per heavy atom. The fourth-order valence-electron chi connectivity index (χ4n) is 2.45. The van der Waals surface area contributed by atoms with Gasteiger partial charge < -0.3 is 10.1 Å². The molecule has 3 aromatic rings. The van der Waals surface area contributed by atoms with Crippen molar-refractivity contribution in [3.05, 3.63) is 71.5 Å². The van der Waals surface area contributed by atoms with Gasteiger partial charge in [-0.05, 0) is 50.2 Å². The van der Waals surface area contributed by atoms with Crippen LogP contribution in [-0.2, 0) is 4.74 Å². The second kappa shape index (κ2) is 7.60. The van der Waals surface area contributed by atoms with Gasteiger partial charge in [0.2, 0.25) is 0 Å². The molecule has 0 unspecified atom stereocenters. The van der Waals surface area contributed by atoms with Crippen molar-refractivity contribution in [1.29, 1.82) is 0 Å². The molecule has 0 atom stereocenters. The number of amides is 1. The molecule has 0 spiro atoms. The number of carbonyl (C=O) groups excluding carboxylic acids is 2. The van der Waals surface area contributed by atoms with Crippen LogP contribution in [0.25, 0.3) is 5.69 Å². The van der Waals surface area contributed by atoms with Crippen LogP contribution in [0.15, 0.2) is 54.6 Å². The van der Waals surface area contributed by atoms with Gasteiger partial charge in [0.25, 0.3) is 5.91 Å². The largest absolute Gasteiger partial charge is 0.462 e. The van der Waals surface area contributed by atoms with Crippen molar-refractivity contribution >= 4 is 17.6 Å². The highest BCUT2D eigenvalue weighted by Gasteiger charge is 2.17. The Morgan fingerprint density at radius 2 is 1.77 bits per heavy atom. The molecule has 0 aliphatic heterocycles. The van der Waals surface area contributed by atoms with Gasteiger partial charge in [-0.15, -0.1) is 5.10 Å². The summed E-state index contributed by atoms with van der Waals surface area (Å²) in [6.07, 6.45) is 0. The summed E-state index contributed by atoms with van der Waals surface area (Å²) in [6, 6.07) is 15.9. The Hall–Kier alpha value is -3.48. The van der Waals surface area contributed by atoms with Crippen LogP contribution in [0.1, 0.15) is 33.5 Å². The molecule has 0 radical (unpaired) electrons. The van der Waals surface area contributed by atoms with E-state index in [1.54, 1.807) is 54.9 Å². The fourth-order valence-corrected chi connectivity index (χ4v) is 2.45. The molecule has 1 N–H and O–H groups in total. The van der Waals surface area contributed by atoms with E-state index in [1.165, 1.54) is 0 Å². The molecule has 3 rings (SSSR count). The number of para-hydroxylation sites is 1. The van der Waals surface area contributed by atoms with E-state index in [-0.39, 0.29) is 17.6 Å². The van der Waals surface area contributed by atoms with Crippen LogP contribution in [0.3, 0.4) is 0 Å². The fraction of sp³-hybridized carbons (Fsp3) is 0.158. The molecule has 7 nitrogen and oxygen atoms in total. The van der Waals surface area contributed by atoms with E-state index in [0.29, 0.717) is 29.2 Å². The minimum atomic E-state index is -0.378. The number of aromatic nitrogens is 3. The van der Waals surface area contributed by atoms with Gasteiger partial charge >= 0.3 is 5.97 Å². The first-order chi connectivity index (χ1) is 12.6. The molecule has 7 heteroatoms. The average molecular weight is 350 g/mol. The molecule has 0 fully saturated rings. The number of nitrogens with one attached hydrogen (secondary N) is 1. The third-order valence-corrected chi connectivity index (χ3v) is 3.76. The number of nitrogens with zero attached hydrogens (tertiary/aromatic N) is 3. The van der Waals surface area contributed by atoms with Gasteiger partial charge in [-0.1, -0.05) is 23.4 Å². The number of esters is 1. The molecular formula is C19H18N4O3. The number of rotatable bonds is 5. The highest BCUT2D eigenvalue weighted by Crippen LogP contribution is 2.15. The zero-order valence-electron chi connectivity index (χ0n) is 14.5. The average Bonchev–Trinajstić information content (AvgIpc) is 3.04. The molecular weight excluding hydrogens is 332 g/mol. The SMILES string of the molecule is CCOC(=O)c1ccc(-n2nnc(C(=O)Nc3ccccc3)c2C)cc1. The van der Waals surface area contributed by atoms with Crippen LogP contribution in [0.2, 0.25) is 0 Å². The van der Waals surface area contributed by atoms with Gasteiger partial charge in [0.05, 0.1) is 23.6 Å². The maximum absolute atomic E-state index is 12.4. The van der Waals surface area contributed by atoms with Crippen LogP contribution in [0.4, 0.5) is 5.69 Å². The summed E-state index contributed by atoms with van der Waals surface area (Å²) in [5, 5.41) is 10.8. The quantitative estimate of drug-likeness (QED) is 0.715. The second-order valence-corrected chi connectivity index (χ2v) is 5.52. The minimum Gasteiger partial charge on any atom is -0.462 e. The molecule has 1 aromatic heterocycles. The molecule has 0 aliphatic carbocycles. The molecule has 0 saturated carbocycles. The summed E-state index contributed by atoms with van der Waals surface area (Å²) in [4.78, 5) is 24.1. The molecule has 1 amide bonds. The number of ether oxygens (including phenoxy) is 1. The monoisotopic (exact) mass is 350 g/mol. The van der Waals surface area contributed by atoms with Gasteiger partial charge in [0.1, 0.15) is 0 Å². The molecule has 0 aliphatic rings. The number of anilines is 1. The summed E-state index contributed by atoms with van der Waals surface area (Å²) in [7, 11) is 0. The third kappa shape index (κ3) is 3.61. The van der Waals surface area contributed by atoms with E-state index < -0.39 is 0 Å². The Morgan fingerprint density at radius 1 is 1.08 bits per heavy atom. The number of benzene rings is 2. The van der Waals surface area contributed by atoms with Crippen LogP contribution >= 0.6 is 0 Å². The third-order valence-electron chi connectivity index (χ3n) is 3.76. The molecule has 0 bridgehead atoms. The standard InChI is InChI=1S/C19H18N4O3/c1-3-26-19(25)14-9-11-16(12-10-14)23-13(2)17(21-22-23)18(24)20-15-7-5-4-6-8-15/h4-12H,3H2,1-2H3,(H,20,24). The predicted molar refractivity (Wildman–Crippen MR) is 96.4 cm³/mol. The van der Waals surface area contributed by atoms with Gasteiger partial charge in [-0.25, -0.2) is 9.48 Å². The van der Waals surface area contributed by atoms with Crippen molar-refractivity contribution in [2.75, 3.05) is 11.9 Å². The number of hydrogen-bond donors (Lipinski definition) is 1. The first kappa shape index (κ1) is 17.3. The Bertz CT molecular complexity index is 918. The first-order valence-corrected chi connectivity index (χ1v) is 8.16. The van der Waals surface area contributed by atoms with E-state index in [4.69, 9.17) is 4.74 Å². The van der Waals surface area contributed by atoms with Crippen LogP contribution in [-0.4, -0.2) is 33.5 Å². The Labute approximate surface area is 150 Å². The second-order valence-electron chi connectivity index (χ2n) is 5.52. The topological polar surface area (TPSA) is 86.1 Å². The highest BCUT2D eigenvalue weighted by atomic mass is 16.5. The number of hydrogen-bond acceptors (Lipinski definition) is 5. The van der Waals surface area contributed by atoms with Gasteiger partial charge in [0, 0.05) is 5.69 Å². The van der Waals surface area contributed by atoms with Crippen molar-refractivity contribution in [1.82, 2.24) is 15.0 Å². The Kier molecular flexibility index (Phi) is 5.07. The van der Waals surface area contributed by atoms with E-state index in [1.807, 2.05) is 18.2 Å². The first-order valence-electron chi connectivity index (χ1n) is 8.16. The van der Waals surface area contributed by atoms with Gasteiger partial charge in [-0.2, -0.15) is 0 Å². The lowest BCUT2D eigenvalue weighted by Gasteiger charge is -2.06. The zero-order valence-corrected chi connectivity index (χ0v) is 14.5. The molecule has 1 heterocycles. The maximum atomic E-state index is 12.4. The van der Waals surface area contributed by atoms with Crippen molar-refractivity contribution in [3.8, 4) is 5.69 Å². The van der Waals surface area contributed by atoms with Gasteiger partial charge in [-0.3, -0.25) is 4.79 Å². The maximum Gasteiger partial charge on any atom is 0.338 e. The number of carbonyl (C=O) groups is 2. The van der Waals surface area contributed by atoms with E-state index >= 15 is 0 Å². The van der Waals surface area contributed by atoms with Crippen molar-refractivity contribution in [3.63, 3.8) is 0 Å². The smallest absolute Gasteiger partial charge is 0.338 e. The molecule has 26 heavy (non-hydrogen) atoms. The summed E-state index contributed by atoms with van der Waals surface area (Å²) < 4.78 is 6.51. The van der Waals surface area contributed by atoms with Crippen molar-refractivity contribution in [2.45, 2.75) is 13.8 Å². The van der Waals surface area contributed by atoms with Gasteiger partial charge in [0.15, 0.2) is 5.69 Å². The van der Waals surface area contributed by atoms with Crippen molar-refractivity contribution in [2.24, 2.45) is 0 Å². The molecule has 2 aromatic carbocycles. The van der Waals surface area contributed by atoms with E-state index in [0.717, 1.165) is 0 Å². The summed E-state index contributed by atoms with van der Waals surface area (Å²) >= 11 is 0. The summed E-state index contributed by atoms with van der Waals surface area (Å²) in [5.41, 5.74) is 2.67. The lowest BCUT2D eigenvalue weighted by molar-refractivity contribution is 0.0526. The Balaban J connectivity index is 1.80. The van der Waals surface area contributed by atoms with Crippen molar-refractivity contribution < 1.29 is 14.3 Å². The van der Waals surface area contributed by atoms with E-state index in [9.17, 15) is 9.59 Å². The highest BCUT2D eigenvalue weighted by molar-refractivity contribution is 6.03. The van der Waals surface area contributed by atoms with E-state index in [2.05, 4.69) is 15.6 Å². The predicted octanol–water partition coefficient (Wildman–Crippen LogP) is 3.00.